The van der Waals surface area contributed by atoms with E-state index >= 15 is 0 Å². The van der Waals surface area contributed by atoms with Crippen molar-refractivity contribution < 1.29 is 0 Å². The third-order valence-corrected chi connectivity index (χ3v) is 2.96. The molecule has 2 heteroatoms. The molecule has 0 saturated heterocycles. The first-order chi connectivity index (χ1) is 7.42. The van der Waals surface area contributed by atoms with Gasteiger partial charge in [-0.2, -0.15) is 0 Å². The highest BCUT2D eigenvalue weighted by molar-refractivity contribution is 5.27. The molecule has 0 fully saturated rings. The molecule has 0 radical (unpaired) electrons. The van der Waals surface area contributed by atoms with Crippen LogP contribution in [-0.2, 0) is 19.6 Å². The van der Waals surface area contributed by atoms with Gasteiger partial charge in [-0.3, -0.25) is 4.90 Å². The summed E-state index contributed by atoms with van der Waals surface area (Å²) >= 11 is 0. The molecule has 76 valence electrons. The second-order valence-corrected chi connectivity index (χ2v) is 4.14. The van der Waals surface area contributed by atoms with Gasteiger partial charge in [0.1, 0.15) is 0 Å². The van der Waals surface area contributed by atoms with Gasteiger partial charge in [0.2, 0.25) is 0 Å². The lowest BCUT2D eigenvalue weighted by Gasteiger charge is -2.14. The third-order valence-electron chi connectivity index (χ3n) is 2.96. The Balaban J connectivity index is 1.70. The van der Waals surface area contributed by atoms with E-state index in [0.717, 1.165) is 19.6 Å². The fourth-order valence-electron chi connectivity index (χ4n) is 2.21. The highest BCUT2D eigenvalue weighted by Gasteiger charge is 2.18. The van der Waals surface area contributed by atoms with E-state index in [1.54, 1.807) is 0 Å². The number of hydrogen-bond acceptors (Lipinski definition) is 1. The average molecular weight is 198 g/mol. The molecule has 1 aliphatic rings. The van der Waals surface area contributed by atoms with Crippen LogP contribution in [0.2, 0.25) is 0 Å². The fourth-order valence-corrected chi connectivity index (χ4v) is 2.21. The Hall–Kier alpha value is -1.54. The van der Waals surface area contributed by atoms with Crippen molar-refractivity contribution >= 4 is 0 Å². The van der Waals surface area contributed by atoms with Crippen molar-refractivity contribution in [3.63, 3.8) is 0 Å². The van der Waals surface area contributed by atoms with Crippen molar-refractivity contribution in [2.45, 2.75) is 19.6 Å². The zero-order chi connectivity index (χ0) is 10.1. The molecule has 1 N–H and O–H groups in total. The second kappa shape index (κ2) is 3.55. The minimum Gasteiger partial charge on any atom is -0.367 e. The molecule has 15 heavy (non-hydrogen) atoms. The second-order valence-electron chi connectivity index (χ2n) is 4.14. The van der Waals surface area contributed by atoms with Gasteiger partial charge < -0.3 is 4.98 Å². The molecule has 2 heterocycles. The van der Waals surface area contributed by atoms with Gasteiger partial charge in [0, 0.05) is 32.0 Å². The summed E-state index contributed by atoms with van der Waals surface area (Å²) in [4.78, 5) is 5.62. The number of nitrogens with one attached hydrogen (secondary N) is 1. The van der Waals surface area contributed by atoms with Crippen molar-refractivity contribution in [2.75, 3.05) is 0 Å². The van der Waals surface area contributed by atoms with Crippen LogP contribution in [0, 0.1) is 0 Å². The summed E-state index contributed by atoms with van der Waals surface area (Å²) < 4.78 is 0. The van der Waals surface area contributed by atoms with Gasteiger partial charge in [0.25, 0.3) is 0 Å². The van der Waals surface area contributed by atoms with E-state index in [1.165, 1.54) is 16.7 Å². The molecule has 0 spiro atoms. The molecule has 0 amide bonds. The van der Waals surface area contributed by atoms with Crippen LogP contribution >= 0.6 is 0 Å². The molecule has 1 aromatic carbocycles. The van der Waals surface area contributed by atoms with Crippen molar-refractivity contribution in [1.82, 2.24) is 9.88 Å². The molecule has 0 saturated carbocycles. The largest absolute Gasteiger partial charge is 0.367 e. The fraction of sp³-hybridized carbons (Fsp3) is 0.231. The zero-order valence-corrected chi connectivity index (χ0v) is 8.61. The van der Waals surface area contributed by atoms with Gasteiger partial charge in [0.05, 0.1) is 0 Å². The molecule has 0 unspecified atom stereocenters. The van der Waals surface area contributed by atoms with Crippen LogP contribution in [-0.4, -0.2) is 9.88 Å². The predicted molar refractivity (Wildman–Crippen MR) is 60.2 cm³/mol. The number of benzene rings is 1. The quantitative estimate of drug-likeness (QED) is 0.785. The standard InChI is InChI=1S/C13H14N2/c1-2-4-11(5-3-1)8-15-9-12-6-14-7-13(12)10-15/h1-7,14H,8-10H2. The van der Waals surface area contributed by atoms with Crippen LogP contribution in [0.1, 0.15) is 16.7 Å². The van der Waals surface area contributed by atoms with Gasteiger partial charge in [-0.15, -0.1) is 0 Å². The van der Waals surface area contributed by atoms with Crippen molar-refractivity contribution in [3.8, 4) is 0 Å². The lowest BCUT2D eigenvalue weighted by Crippen LogP contribution is -2.15. The van der Waals surface area contributed by atoms with Gasteiger partial charge >= 0.3 is 0 Å². The summed E-state index contributed by atoms with van der Waals surface area (Å²) in [7, 11) is 0. The Morgan fingerprint density at radius 3 is 2.33 bits per heavy atom. The highest BCUT2D eigenvalue weighted by atomic mass is 15.1. The number of aromatic amines is 1. The SMILES string of the molecule is c1ccc(CN2Cc3c[nH]cc3C2)cc1. The third kappa shape index (κ3) is 1.68. The Morgan fingerprint density at radius 2 is 1.67 bits per heavy atom. The molecule has 3 rings (SSSR count). The number of nitrogens with zero attached hydrogens (tertiary/aromatic N) is 1. The summed E-state index contributed by atoms with van der Waals surface area (Å²) in [5.41, 5.74) is 4.29. The highest BCUT2D eigenvalue weighted by Crippen LogP contribution is 2.23. The normalized spacial score (nSPS) is 15.5. The first-order valence-corrected chi connectivity index (χ1v) is 5.32. The lowest BCUT2D eigenvalue weighted by molar-refractivity contribution is 0.274. The number of hydrogen-bond donors (Lipinski definition) is 1. The van der Waals surface area contributed by atoms with Crippen molar-refractivity contribution in [2.24, 2.45) is 0 Å². The lowest BCUT2D eigenvalue weighted by atomic mass is 10.2. The average Bonchev–Trinajstić information content (AvgIpc) is 2.79. The van der Waals surface area contributed by atoms with Crippen LogP contribution in [0.25, 0.3) is 0 Å². The maximum Gasteiger partial charge on any atom is 0.0259 e. The Kier molecular flexibility index (Phi) is 2.07. The Labute approximate surface area is 89.5 Å². The van der Waals surface area contributed by atoms with Crippen LogP contribution < -0.4 is 0 Å². The summed E-state index contributed by atoms with van der Waals surface area (Å²) in [6.45, 7) is 3.21. The molecule has 1 aromatic heterocycles. The molecular weight excluding hydrogens is 184 g/mol. The van der Waals surface area contributed by atoms with E-state index < -0.39 is 0 Å². The first-order valence-electron chi connectivity index (χ1n) is 5.32. The van der Waals surface area contributed by atoms with Crippen LogP contribution in [0.5, 0.6) is 0 Å². The molecule has 0 aliphatic carbocycles. The Morgan fingerprint density at radius 1 is 1.00 bits per heavy atom. The summed E-state index contributed by atoms with van der Waals surface area (Å²) in [5, 5.41) is 0. The number of fused-ring (bicyclic) bond motifs is 1. The van der Waals surface area contributed by atoms with E-state index in [-0.39, 0.29) is 0 Å². The molecule has 1 aliphatic heterocycles. The molecule has 0 atom stereocenters. The van der Waals surface area contributed by atoms with Crippen molar-refractivity contribution in [3.05, 3.63) is 59.4 Å². The molecule has 2 aromatic rings. The van der Waals surface area contributed by atoms with Crippen molar-refractivity contribution in [1.29, 1.82) is 0 Å². The zero-order valence-electron chi connectivity index (χ0n) is 8.61. The predicted octanol–water partition coefficient (Wildman–Crippen LogP) is 2.53. The van der Waals surface area contributed by atoms with E-state index in [9.17, 15) is 0 Å². The smallest absolute Gasteiger partial charge is 0.0259 e. The maximum absolute atomic E-state index is 3.16. The van der Waals surface area contributed by atoms with Crippen LogP contribution in [0.3, 0.4) is 0 Å². The van der Waals surface area contributed by atoms with Gasteiger partial charge in [0.15, 0.2) is 0 Å². The molecule has 0 bridgehead atoms. The number of rotatable bonds is 2. The van der Waals surface area contributed by atoms with E-state index in [4.69, 9.17) is 0 Å². The van der Waals surface area contributed by atoms with Gasteiger partial charge in [-0.1, -0.05) is 30.3 Å². The minimum absolute atomic E-state index is 1.05. The first kappa shape index (κ1) is 8.74. The molecule has 2 nitrogen and oxygen atoms in total. The summed E-state index contributed by atoms with van der Waals surface area (Å²) in [6, 6.07) is 10.7. The van der Waals surface area contributed by atoms with E-state index in [0.29, 0.717) is 0 Å². The van der Waals surface area contributed by atoms with E-state index in [1.807, 2.05) is 0 Å². The Bertz CT molecular complexity index is 424. The number of H-pyrrole nitrogens is 1. The summed E-state index contributed by atoms with van der Waals surface area (Å²) in [5.74, 6) is 0. The van der Waals surface area contributed by atoms with Crippen LogP contribution in [0.15, 0.2) is 42.7 Å². The topological polar surface area (TPSA) is 19.0 Å². The van der Waals surface area contributed by atoms with E-state index in [2.05, 4.69) is 52.6 Å². The molecular formula is C13H14N2. The van der Waals surface area contributed by atoms with Gasteiger partial charge in [-0.05, 0) is 16.7 Å². The number of aromatic nitrogens is 1. The van der Waals surface area contributed by atoms with Crippen LogP contribution in [0.4, 0.5) is 0 Å². The van der Waals surface area contributed by atoms with Gasteiger partial charge in [-0.25, -0.2) is 0 Å². The summed E-state index contributed by atoms with van der Waals surface area (Å²) in [6.07, 6.45) is 4.22. The monoisotopic (exact) mass is 198 g/mol. The minimum atomic E-state index is 1.05. The maximum atomic E-state index is 3.16.